The fourth-order valence-corrected chi connectivity index (χ4v) is 2.71. The first kappa shape index (κ1) is 12.8. The van der Waals surface area contributed by atoms with Gasteiger partial charge in [0.1, 0.15) is 10.7 Å². The lowest BCUT2D eigenvalue weighted by molar-refractivity contribution is 0.596. The smallest absolute Gasteiger partial charge is 0.143 e. The molecule has 0 aromatic heterocycles. The summed E-state index contributed by atoms with van der Waals surface area (Å²) in [5.41, 5.74) is 2.13. The molecule has 2 aromatic carbocycles. The Labute approximate surface area is 109 Å². The van der Waals surface area contributed by atoms with E-state index in [1.54, 1.807) is 0 Å². The average molecular weight is 260 g/mol. The molecule has 0 aliphatic heterocycles. The topological polar surface area (TPSA) is 34.1 Å². The summed E-state index contributed by atoms with van der Waals surface area (Å²) in [4.78, 5) is 0. The first-order valence-electron chi connectivity index (χ1n) is 5.97. The van der Waals surface area contributed by atoms with Crippen LogP contribution in [0.2, 0.25) is 0 Å². The highest BCUT2D eigenvalue weighted by atomic mass is 32.2. The van der Waals surface area contributed by atoms with Crippen molar-refractivity contribution >= 4 is 10.7 Å². The van der Waals surface area contributed by atoms with Crippen LogP contribution in [0.25, 0.3) is 0 Å². The van der Waals surface area contributed by atoms with E-state index in [4.69, 9.17) is 0 Å². The molecule has 3 heteroatoms. The minimum atomic E-state index is -2.41. The van der Waals surface area contributed by atoms with Crippen molar-refractivity contribution in [3.63, 3.8) is 0 Å². The van der Waals surface area contributed by atoms with Crippen molar-refractivity contribution in [2.24, 2.45) is 0 Å². The third kappa shape index (κ3) is 3.70. The predicted octanol–water partition coefficient (Wildman–Crippen LogP) is 2.45. The highest BCUT2D eigenvalue weighted by molar-refractivity contribution is 7.73. The molecule has 0 heterocycles. The van der Waals surface area contributed by atoms with E-state index in [0.29, 0.717) is 12.8 Å². The molecule has 0 saturated heterocycles. The summed E-state index contributed by atoms with van der Waals surface area (Å²) < 4.78 is 22.7. The van der Waals surface area contributed by atoms with Gasteiger partial charge in [0.25, 0.3) is 0 Å². The normalized spacial score (nSPS) is 11.0. The van der Waals surface area contributed by atoms with E-state index < -0.39 is 10.7 Å². The second kappa shape index (κ2) is 6.36. The lowest BCUT2D eigenvalue weighted by Gasteiger charge is -2.10. The number of benzene rings is 2. The second-order valence-electron chi connectivity index (χ2n) is 4.32. The fourth-order valence-electron chi connectivity index (χ4n) is 1.99. The van der Waals surface area contributed by atoms with Crippen LogP contribution in [0.3, 0.4) is 0 Å². The zero-order chi connectivity index (χ0) is 12.8. The molecule has 0 fully saturated rings. The zero-order valence-electron chi connectivity index (χ0n) is 10.0. The maximum atomic E-state index is 11.3. The van der Waals surface area contributed by atoms with Gasteiger partial charge >= 0.3 is 0 Å². The van der Waals surface area contributed by atoms with Crippen molar-refractivity contribution in [1.29, 1.82) is 0 Å². The van der Waals surface area contributed by atoms with Crippen LogP contribution in [0.5, 0.6) is 0 Å². The summed E-state index contributed by atoms with van der Waals surface area (Å²) in [5, 5.41) is -0.329. The Kier molecular flexibility index (Phi) is 4.53. The van der Waals surface area contributed by atoms with Crippen molar-refractivity contribution in [2.45, 2.75) is 18.1 Å². The predicted molar refractivity (Wildman–Crippen MR) is 74.4 cm³/mol. The maximum Gasteiger partial charge on any atom is 0.143 e. The van der Waals surface area contributed by atoms with Crippen LogP contribution in [-0.2, 0) is 23.5 Å². The SMILES string of the molecule is O=[SH](=O)C(Cc1ccccc1)Cc1ccccc1. The minimum Gasteiger partial charge on any atom is -0.232 e. The van der Waals surface area contributed by atoms with Gasteiger partial charge in [-0.1, -0.05) is 60.7 Å². The molecule has 0 atom stereocenters. The lowest BCUT2D eigenvalue weighted by Crippen LogP contribution is -2.16. The van der Waals surface area contributed by atoms with Crippen LogP contribution in [0, 0.1) is 0 Å². The monoisotopic (exact) mass is 260 g/mol. The van der Waals surface area contributed by atoms with E-state index in [2.05, 4.69) is 0 Å². The van der Waals surface area contributed by atoms with Crippen LogP contribution in [0.15, 0.2) is 60.7 Å². The van der Waals surface area contributed by atoms with Gasteiger partial charge in [0, 0.05) is 0 Å². The second-order valence-corrected chi connectivity index (χ2v) is 5.62. The summed E-state index contributed by atoms with van der Waals surface area (Å²) in [6.07, 6.45) is 1.16. The third-order valence-electron chi connectivity index (χ3n) is 2.93. The quantitative estimate of drug-likeness (QED) is 0.838. The van der Waals surface area contributed by atoms with Gasteiger partial charge in [-0.3, -0.25) is 0 Å². The van der Waals surface area contributed by atoms with Gasteiger partial charge in [0.05, 0.1) is 5.25 Å². The standard InChI is InChI=1S/C15H16O2S/c16-18(17)15(11-13-7-3-1-4-8-13)12-14-9-5-2-6-10-14/h1-10,15,18H,11-12H2. The lowest BCUT2D eigenvalue weighted by atomic mass is 10.0. The van der Waals surface area contributed by atoms with Crippen molar-refractivity contribution in [1.82, 2.24) is 0 Å². The molecule has 0 aliphatic carbocycles. The molecule has 2 aromatic rings. The molecule has 0 bridgehead atoms. The molecular weight excluding hydrogens is 244 g/mol. The van der Waals surface area contributed by atoms with E-state index in [-0.39, 0.29) is 5.25 Å². The molecule has 94 valence electrons. The Morgan fingerprint density at radius 1 is 0.722 bits per heavy atom. The molecule has 0 amide bonds. The maximum absolute atomic E-state index is 11.3. The first-order chi connectivity index (χ1) is 8.75. The van der Waals surface area contributed by atoms with Crippen molar-refractivity contribution in [3.05, 3.63) is 71.8 Å². The Hall–Kier alpha value is -1.61. The van der Waals surface area contributed by atoms with Gasteiger partial charge in [-0.25, -0.2) is 8.42 Å². The largest absolute Gasteiger partial charge is 0.232 e. The third-order valence-corrected chi connectivity index (χ3v) is 3.89. The first-order valence-corrected chi connectivity index (χ1v) is 7.22. The summed E-state index contributed by atoms with van der Waals surface area (Å²) >= 11 is 0. The number of rotatable bonds is 5. The zero-order valence-corrected chi connectivity index (χ0v) is 10.9. The molecule has 0 unspecified atom stereocenters. The van der Waals surface area contributed by atoms with Gasteiger partial charge in [-0.15, -0.1) is 0 Å². The number of hydrogen-bond acceptors (Lipinski definition) is 2. The van der Waals surface area contributed by atoms with Crippen molar-refractivity contribution < 1.29 is 8.42 Å². The summed E-state index contributed by atoms with van der Waals surface area (Å²) in [6, 6.07) is 19.5. The summed E-state index contributed by atoms with van der Waals surface area (Å²) in [7, 11) is -2.41. The Balaban J connectivity index is 2.10. The fraction of sp³-hybridized carbons (Fsp3) is 0.200. The molecule has 2 nitrogen and oxygen atoms in total. The van der Waals surface area contributed by atoms with Crippen LogP contribution in [0.4, 0.5) is 0 Å². The van der Waals surface area contributed by atoms with E-state index in [1.807, 2.05) is 60.7 Å². The minimum absolute atomic E-state index is 0.329. The average Bonchev–Trinajstić information content (AvgIpc) is 2.40. The van der Waals surface area contributed by atoms with E-state index in [9.17, 15) is 8.42 Å². The molecule has 0 radical (unpaired) electrons. The Bertz CT molecular complexity index is 498. The van der Waals surface area contributed by atoms with Crippen LogP contribution in [0.1, 0.15) is 11.1 Å². The summed E-state index contributed by atoms with van der Waals surface area (Å²) in [5.74, 6) is 0. The summed E-state index contributed by atoms with van der Waals surface area (Å²) in [6.45, 7) is 0. The van der Waals surface area contributed by atoms with Crippen LogP contribution in [-0.4, -0.2) is 13.7 Å². The van der Waals surface area contributed by atoms with E-state index in [0.717, 1.165) is 11.1 Å². The number of thiol groups is 1. The molecule has 0 aliphatic rings. The molecule has 18 heavy (non-hydrogen) atoms. The molecular formula is C15H16O2S. The van der Waals surface area contributed by atoms with Crippen molar-refractivity contribution in [3.8, 4) is 0 Å². The van der Waals surface area contributed by atoms with Crippen LogP contribution >= 0.6 is 0 Å². The molecule has 2 rings (SSSR count). The molecule has 0 N–H and O–H groups in total. The van der Waals surface area contributed by atoms with E-state index >= 15 is 0 Å². The van der Waals surface area contributed by atoms with Gasteiger partial charge in [0.15, 0.2) is 0 Å². The van der Waals surface area contributed by atoms with Gasteiger partial charge in [0.2, 0.25) is 0 Å². The van der Waals surface area contributed by atoms with Gasteiger partial charge in [-0.05, 0) is 24.0 Å². The van der Waals surface area contributed by atoms with Gasteiger partial charge < -0.3 is 0 Å². The Morgan fingerprint density at radius 2 is 1.11 bits per heavy atom. The van der Waals surface area contributed by atoms with Gasteiger partial charge in [-0.2, -0.15) is 0 Å². The highest BCUT2D eigenvalue weighted by Crippen LogP contribution is 2.11. The molecule has 0 saturated carbocycles. The van der Waals surface area contributed by atoms with Crippen LogP contribution < -0.4 is 0 Å². The molecule has 0 spiro atoms. The number of hydrogen-bond donors (Lipinski definition) is 1. The van der Waals surface area contributed by atoms with E-state index in [1.165, 1.54) is 0 Å². The Morgan fingerprint density at radius 3 is 1.44 bits per heavy atom. The van der Waals surface area contributed by atoms with Crippen molar-refractivity contribution in [2.75, 3.05) is 0 Å². The highest BCUT2D eigenvalue weighted by Gasteiger charge is 2.13.